The van der Waals surface area contributed by atoms with Crippen LogP contribution in [-0.2, 0) is 14.3 Å². The number of fused-ring (bicyclic) bond motifs is 8. The normalized spacial score (nSPS) is 14.3. The summed E-state index contributed by atoms with van der Waals surface area (Å²) in [6.07, 6.45) is 5.07. The molecular formula is C35H32N4O5. The molecule has 2 aliphatic heterocycles. The van der Waals surface area contributed by atoms with Crippen LogP contribution in [0.1, 0.15) is 77.8 Å². The lowest BCUT2D eigenvalue weighted by Crippen LogP contribution is -2.06. The van der Waals surface area contributed by atoms with Crippen molar-refractivity contribution in [3.63, 3.8) is 0 Å². The molecule has 0 spiro atoms. The molecule has 0 radical (unpaired) electrons. The average molecular weight is 589 g/mol. The van der Waals surface area contributed by atoms with Gasteiger partial charge in [-0.3, -0.25) is 0 Å². The number of esters is 1. The van der Waals surface area contributed by atoms with E-state index in [2.05, 4.69) is 30.4 Å². The quantitative estimate of drug-likeness (QED) is 0.180. The van der Waals surface area contributed by atoms with E-state index in [0.717, 1.165) is 68.3 Å². The number of aryl methyl sites for hydroxylation is 2. The molecule has 4 N–H and O–H groups in total. The number of carboxylic acid groups (broad SMARTS) is 1. The Kier molecular flexibility index (Phi) is 6.76. The summed E-state index contributed by atoms with van der Waals surface area (Å²) >= 11 is 0. The maximum Gasteiger partial charge on any atom is 0.342 e. The number of aliphatic carboxylic acids is 1. The molecule has 0 atom stereocenters. The van der Waals surface area contributed by atoms with E-state index in [9.17, 15) is 19.8 Å². The van der Waals surface area contributed by atoms with E-state index in [1.165, 1.54) is 13.2 Å². The van der Waals surface area contributed by atoms with Crippen molar-refractivity contribution < 1.29 is 24.5 Å². The predicted molar refractivity (Wildman–Crippen MR) is 174 cm³/mol. The molecule has 5 heterocycles. The van der Waals surface area contributed by atoms with Gasteiger partial charge in [-0.2, -0.15) is 0 Å². The van der Waals surface area contributed by atoms with Crippen molar-refractivity contribution in [2.24, 2.45) is 0 Å². The Morgan fingerprint density at radius 1 is 0.932 bits per heavy atom. The van der Waals surface area contributed by atoms with Crippen LogP contribution in [0.15, 0.2) is 36.9 Å². The van der Waals surface area contributed by atoms with Gasteiger partial charge in [0.05, 0.1) is 35.4 Å². The number of nitrogens with one attached hydrogen (secondary N) is 2. The van der Waals surface area contributed by atoms with Crippen molar-refractivity contribution in [1.29, 1.82) is 0 Å². The molecule has 8 bridgehead atoms. The number of hydrogen-bond acceptors (Lipinski definition) is 6. The molecule has 6 rings (SSSR count). The number of hydrogen-bond donors (Lipinski definition) is 4. The van der Waals surface area contributed by atoms with E-state index in [0.29, 0.717) is 39.2 Å². The first-order chi connectivity index (χ1) is 21.0. The highest BCUT2D eigenvalue weighted by atomic mass is 16.5. The van der Waals surface area contributed by atoms with Gasteiger partial charge in [-0.05, 0) is 86.2 Å². The van der Waals surface area contributed by atoms with Gasteiger partial charge < -0.3 is 24.9 Å². The standard InChI is InChI=1S/C35H32N4O5/c1-8-19-15(3)22-12-24-17(5)21(10-11-28(40)41)32(38-24)30-31(35(43)44-7)34(42)29-18(6)25(39-33(29)30)14-27-20(9-2)16(4)23(37-27)13-26(19)36-22/h8,10-14,36,39,42H,1,9H2,2-7H3,(H,40,41). The molecule has 222 valence electrons. The Labute approximate surface area is 253 Å². The maximum atomic E-state index is 13.2. The van der Waals surface area contributed by atoms with Crippen LogP contribution in [0.3, 0.4) is 0 Å². The molecule has 3 aliphatic rings. The van der Waals surface area contributed by atoms with Crippen LogP contribution in [-0.4, -0.2) is 49.2 Å². The summed E-state index contributed by atoms with van der Waals surface area (Å²) < 4.78 is 5.10. The van der Waals surface area contributed by atoms with E-state index in [4.69, 9.17) is 14.7 Å². The monoisotopic (exact) mass is 588 g/mol. The Morgan fingerprint density at radius 3 is 2.25 bits per heavy atom. The number of nitrogens with zero attached hydrogens (tertiary/aromatic N) is 2. The number of aliphatic hydroxyl groups is 1. The zero-order chi connectivity index (χ0) is 31.6. The van der Waals surface area contributed by atoms with Crippen LogP contribution in [0.25, 0.3) is 61.8 Å². The van der Waals surface area contributed by atoms with Crippen LogP contribution in [0.4, 0.5) is 0 Å². The second kappa shape index (κ2) is 10.4. The van der Waals surface area contributed by atoms with Crippen LogP contribution in [0.2, 0.25) is 0 Å². The maximum absolute atomic E-state index is 13.2. The van der Waals surface area contributed by atoms with Gasteiger partial charge >= 0.3 is 11.9 Å². The molecule has 9 nitrogen and oxygen atoms in total. The van der Waals surface area contributed by atoms with Gasteiger partial charge in [-0.15, -0.1) is 0 Å². The Bertz CT molecular complexity index is 2150. The van der Waals surface area contributed by atoms with Crippen LogP contribution < -0.4 is 0 Å². The highest BCUT2D eigenvalue weighted by Crippen LogP contribution is 2.46. The van der Waals surface area contributed by atoms with Crippen molar-refractivity contribution in [2.75, 3.05) is 7.11 Å². The molecule has 0 saturated heterocycles. The summed E-state index contributed by atoms with van der Waals surface area (Å²) in [5.41, 5.74) is 12.2. The lowest BCUT2D eigenvalue weighted by molar-refractivity contribution is -0.134. The van der Waals surface area contributed by atoms with Gasteiger partial charge in [-0.1, -0.05) is 19.6 Å². The Morgan fingerprint density at radius 2 is 1.59 bits per heavy atom. The van der Waals surface area contributed by atoms with Crippen molar-refractivity contribution in [1.82, 2.24) is 19.9 Å². The zero-order valence-electron chi connectivity index (χ0n) is 25.4. The van der Waals surface area contributed by atoms with Gasteiger partial charge in [-0.25, -0.2) is 19.6 Å². The SMILES string of the molecule is C=Cc1c(C)c2cc3nc(c4c5[nH]c(cc6nc(cc1[nH]2)C(C)=C6CC)c(C)c5C(O)=C4C(=O)OC)C(C=CC(=O)O)=C3C. The summed E-state index contributed by atoms with van der Waals surface area (Å²) in [6, 6.07) is 5.88. The number of carbonyl (C=O) groups excluding carboxylic acids is 1. The smallest absolute Gasteiger partial charge is 0.342 e. The molecule has 0 amide bonds. The van der Waals surface area contributed by atoms with Crippen LogP contribution >= 0.6 is 0 Å². The number of allylic oxidation sites excluding steroid dienone is 5. The largest absolute Gasteiger partial charge is 0.506 e. The minimum atomic E-state index is -1.13. The molecule has 44 heavy (non-hydrogen) atoms. The fourth-order valence-electron chi connectivity index (χ4n) is 6.34. The first-order valence-electron chi connectivity index (χ1n) is 14.3. The number of carbonyl (C=O) groups is 2. The van der Waals surface area contributed by atoms with Gasteiger partial charge in [0, 0.05) is 44.9 Å². The first kappa shape index (κ1) is 28.7. The molecule has 9 heteroatoms. The number of H-pyrrole nitrogens is 2. The van der Waals surface area contributed by atoms with E-state index >= 15 is 0 Å². The molecule has 0 saturated carbocycles. The van der Waals surface area contributed by atoms with Gasteiger partial charge in [0.1, 0.15) is 11.3 Å². The molecule has 3 aromatic rings. The highest BCUT2D eigenvalue weighted by Gasteiger charge is 2.36. The highest BCUT2D eigenvalue weighted by molar-refractivity contribution is 6.31. The van der Waals surface area contributed by atoms with E-state index in [1.807, 2.05) is 45.0 Å². The first-order valence-corrected chi connectivity index (χ1v) is 14.3. The van der Waals surface area contributed by atoms with Crippen molar-refractivity contribution >= 4 is 73.7 Å². The van der Waals surface area contributed by atoms with E-state index in [-0.39, 0.29) is 11.3 Å². The Balaban J connectivity index is 1.88. The second-order valence-corrected chi connectivity index (χ2v) is 11.0. The molecule has 0 unspecified atom stereocenters. The fraction of sp³-hybridized carbons (Fsp3) is 0.200. The predicted octanol–water partition coefficient (Wildman–Crippen LogP) is 7.40. The van der Waals surface area contributed by atoms with Crippen molar-refractivity contribution in [2.45, 2.75) is 41.0 Å². The molecule has 3 aromatic heterocycles. The summed E-state index contributed by atoms with van der Waals surface area (Å²) in [5, 5.41) is 21.0. The number of carboxylic acids is 1. The third-order valence-electron chi connectivity index (χ3n) is 8.71. The van der Waals surface area contributed by atoms with Crippen molar-refractivity contribution in [3.8, 4) is 0 Å². The minimum absolute atomic E-state index is 0.0424. The fourth-order valence-corrected chi connectivity index (χ4v) is 6.34. The number of aromatic nitrogens is 4. The van der Waals surface area contributed by atoms with E-state index in [1.54, 1.807) is 0 Å². The third-order valence-corrected chi connectivity index (χ3v) is 8.71. The van der Waals surface area contributed by atoms with Crippen molar-refractivity contribution in [3.05, 3.63) is 87.5 Å². The summed E-state index contributed by atoms with van der Waals surface area (Å²) in [5.74, 6) is -2.09. The lowest BCUT2D eigenvalue weighted by atomic mass is 9.99. The van der Waals surface area contributed by atoms with E-state index < -0.39 is 11.9 Å². The number of rotatable bonds is 5. The average Bonchev–Trinajstić information content (AvgIpc) is 3.72. The minimum Gasteiger partial charge on any atom is -0.506 e. The summed E-state index contributed by atoms with van der Waals surface area (Å²) in [7, 11) is 1.25. The topological polar surface area (TPSA) is 141 Å². The zero-order valence-corrected chi connectivity index (χ0v) is 25.4. The summed E-state index contributed by atoms with van der Waals surface area (Å²) in [6.45, 7) is 13.9. The van der Waals surface area contributed by atoms with Gasteiger partial charge in [0.15, 0.2) is 0 Å². The number of aromatic amines is 2. The summed E-state index contributed by atoms with van der Waals surface area (Å²) in [4.78, 5) is 41.7. The second-order valence-electron chi connectivity index (χ2n) is 11.0. The number of aliphatic hydroxyl groups excluding tert-OH is 1. The molecule has 1 aliphatic carbocycles. The number of ether oxygens (including phenoxy) is 1. The lowest BCUT2D eigenvalue weighted by Gasteiger charge is -2.07. The molecular weight excluding hydrogens is 556 g/mol. The molecule has 0 aromatic carbocycles. The Hall–Kier alpha value is -5.44. The third kappa shape index (κ3) is 4.15. The van der Waals surface area contributed by atoms with Gasteiger partial charge in [0.2, 0.25) is 0 Å². The number of methoxy groups -OCH3 is 1. The molecule has 0 fully saturated rings. The van der Waals surface area contributed by atoms with Crippen LogP contribution in [0, 0.1) is 13.8 Å². The van der Waals surface area contributed by atoms with Crippen LogP contribution in [0.5, 0.6) is 0 Å². The van der Waals surface area contributed by atoms with Gasteiger partial charge in [0.25, 0.3) is 0 Å².